The quantitative estimate of drug-likeness (QED) is 0.661. The fourth-order valence-electron chi connectivity index (χ4n) is 2.56. The van der Waals surface area contributed by atoms with Crippen LogP contribution in [-0.4, -0.2) is 60.7 Å². The molecule has 4 amide bonds. The molecule has 1 rings (SSSR count). The van der Waals surface area contributed by atoms with Gasteiger partial charge in [-0.3, -0.25) is 14.9 Å². The van der Waals surface area contributed by atoms with E-state index in [4.69, 9.17) is 9.47 Å². The molecule has 0 unspecified atom stereocenters. The Hall–Kier alpha value is -2.32. The molecule has 1 aliphatic rings. The molecular formula is C19H33N3O6. The summed E-state index contributed by atoms with van der Waals surface area (Å²) < 4.78 is 10.3. The summed E-state index contributed by atoms with van der Waals surface area (Å²) in [6, 6.07) is -0.604. The smallest absolute Gasteiger partial charge is 0.410 e. The third-order valence-electron chi connectivity index (χ3n) is 4.09. The Morgan fingerprint density at radius 2 is 1.71 bits per heavy atom. The van der Waals surface area contributed by atoms with Crippen molar-refractivity contribution in [2.45, 2.75) is 59.5 Å². The number of hydrogen-bond donors (Lipinski definition) is 2. The summed E-state index contributed by atoms with van der Waals surface area (Å²) >= 11 is 0. The fourth-order valence-corrected chi connectivity index (χ4v) is 2.56. The van der Waals surface area contributed by atoms with Crippen LogP contribution in [0.15, 0.2) is 0 Å². The number of amides is 4. The molecular weight excluding hydrogens is 366 g/mol. The van der Waals surface area contributed by atoms with Gasteiger partial charge in [-0.05, 0) is 46.0 Å². The van der Waals surface area contributed by atoms with Crippen LogP contribution in [0.5, 0.6) is 0 Å². The van der Waals surface area contributed by atoms with Gasteiger partial charge in [0.1, 0.15) is 5.60 Å². The van der Waals surface area contributed by atoms with E-state index >= 15 is 0 Å². The summed E-state index contributed by atoms with van der Waals surface area (Å²) in [4.78, 5) is 48.9. The van der Waals surface area contributed by atoms with Crippen molar-refractivity contribution in [2.24, 2.45) is 11.8 Å². The van der Waals surface area contributed by atoms with Crippen molar-refractivity contribution < 1.29 is 28.7 Å². The van der Waals surface area contributed by atoms with Gasteiger partial charge in [-0.25, -0.2) is 9.59 Å². The second-order valence-electron chi connectivity index (χ2n) is 8.34. The molecule has 9 nitrogen and oxygen atoms in total. The van der Waals surface area contributed by atoms with Crippen LogP contribution in [0.3, 0.4) is 0 Å². The lowest BCUT2D eigenvalue weighted by Crippen LogP contribution is -2.44. The average molecular weight is 399 g/mol. The second kappa shape index (κ2) is 10.9. The minimum Gasteiger partial charge on any atom is -0.455 e. The predicted octanol–water partition coefficient (Wildman–Crippen LogP) is 2.05. The van der Waals surface area contributed by atoms with Crippen molar-refractivity contribution in [3.63, 3.8) is 0 Å². The number of ether oxygens (including phenoxy) is 2. The molecule has 0 aromatic rings. The first-order chi connectivity index (χ1) is 13.0. The van der Waals surface area contributed by atoms with Gasteiger partial charge in [-0.2, -0.15) is 0 Å². The van der Waals surface area contributed by atoms with E-state index in [0.29, 0.717) is 38.4 Å². The van der Waals surface area contributed by atoms with Crippen LogP contribution in [0, 0.1) is 11.8 Å². The third-order valence-corrected chi connectivity index (χ3v) is 4.09. The summed E-state index contributed by atoms with van der Waals surface area (Å²) in [7, 11) is 0. The fraction of sp³-hybridized carbons (Fsp3) is 0.789. The molecule has 1 saturated heterocycles. The monoisotopic (exact) mass is 399 g/mol. The largest absolute Gasteiger partial charge is 0.455 e. The van der Waals surface area contributed by atoms with Gasteiger partial charge in [0, 0.05) is 19.6 Å². The maximum absolute atomic E-state index is 12.1. The normalized spacial score (nSPS) is 15.1. The topological polar surface area (TPSA) is 114 Å². The number of nitrogens with zero attached hydrogens (tertiary/aromatic N) is 1. The van der Waals surface area contributed by atoms with Crippen LogP contribution < -0.4 is 10.6 Å². The summed E-state index contributed by atoms with van der Waals surface area (Å²) in [5, 5.41) is 4.69. The van der Waals surface area contributed by atoms with Gasteiger partial charge < -0.3 is 19.7 Å². The molecule has 0 aromatic heterocycles. The Kier molecular flexibility index (Phi) is 9.21. The van der Waals surface area contributed by atoms with Crippen LogP contribution in [0.1, 0.15) is 53.9 Å². The lowest BCUT2D eigenvalue weighted by atomic mass is 9.97. The van der Waals surface area contributed by atoms with Crippen molar-refractivity contribution in [1.29, 1.82) is 0 Å². The van der Waals surface area contributed by atoms with Gasteiger partial charge in [0.05, 0.1) is 5.92 Å². The van der Waals surface area contributed by atoms with Gasteiger partial charge in [0.15, 0.2) is 6.61 Å². The summed E-state index contributed by atoms with van der Waals surface area (Å²) in [6.45, 7) is 10.2. The molecule has 160 valence electrons. The molecule has 0 saturated carbocycles. The molecule has 1 aliphatic heterocycles. The van der Waals surface area contributed by atoms with Crippen molar-refractivity contribution in [3.05, 3.63) is 0 Å². The van der Waals surface area contributed by atoms with E-state index in [2.05, 4.69) is 10.6 Å². The number of likely N-dealkylation sites (tertiary alicyclic amines) is 1. The summed E-state index contributed by atoms with van der Waals surface area (Å²) in [6.07, 6.45) is 1.28. The maximum Gasteiger partial charge on any atom is 0.410 e. The zero-order chi connectivity index (χ0) is 21.3. The number of urea groups is 1. The predicted molar refractivity (Wildman–Crippen MR) is 102 cm³/mol. The van der Waals surface area contributed by atoms with Crippen LogP contribution in [0.25, 0.3) is 0 Å². The Bertz CT molecular complexity index is 563. The van der Waals surface area contributed by atoms with Crippen molar-refractivity contribution in [2.75, 3.05) is 26.2 Å². The first kappa shape index (κ1) is 23.7. The number of hydrogen-bond acceptors (Lipinski definition) is 6. The highest BCUT2D eigenvalue weighted by molar-refractivity contribution is 5.95. The second-order valence-corrected chi connectivity index (χ2v) is 8.34. The molecule has 1 heterocycles. The summed E-state index contributed by atoms with van der Waals surface area (Å²) in [5.41, 5.74) is -0.568. The zero-order valence-electron chi connectivity index (χ0n) is 17.5. The van der Waals surface area contributed by atoms with E-state index in [-0.39, 0.29) is 5.92 Å². The number of carbonyl (C=O) groups is 4. The van der Waals surface area contributed by atoms with Crippen LogP contribution in [0.2, 0.25) is 0 Å². The lowest BCUT2D eigenvalue weighted by molar-refractivity contribution is -0.153. The average Bonchev–Trinajstić information content (AvgIpc) is 2.58. The number of carbonyl (C=O) groups excluding carboxylic acids is 4. The highest BCUT2D eigenvalue weighted by Crippen LogP contribution is 2.20. The molecule has 0 radical (unpaired) electrons. The Morgan fingerprint density at radius 1 is 1.11 bits per heavy atom. The highest BCUT2D eigenvalue weighted by atomic mass is 16.6. The summed E-state index contributed by atoms with van der Waals surface area (Å²) in [5.74, 6) is -1.12. The van der Waals surface area contributed by atoms with Crippen LogP contribution >= 0.6 is 0 Å². The molecule has 9 heteroatoms. The molecule has 2 N–H and O–H groups in total. The third kappa shape index (κ3) is 9.57. The molecule has 0 atom stereocenters. The number of imide groups is 1. The van der Waals surface area contributed by atoms with E-state index in [0.717, 1.165) is 6.42 Å². The SMILES string of the molecule is CC(C)CCNC(=O)NC(=O)COC(=O)C1CCN(C(=O)OC(C)(C)C)CC1. The molecule has 28 heavy (non-hydrogen) atoms. The Balaban J connectivity index is 2.27. The van der Waals surface area contributed by atoms with Gasteiger partial charge in [-0.15, -0.1) is 0 Å². The van der Waals surface area contributed by atoms with Crippen molar-refractivity contribution >= 4 is 24.0 Å². The Labute approximate surface area is 166 Å². The maximum atomic E-state index is 12.1. The van der Waals surface area contributed by atoms with Crippen molar-refractivity contribution in [3.8, 4) is 0 Å². The minimum absolute atomic E-state index is 0.383. The first-order valence-electron chi connectivity index (χ1n) is 9.70. The first-order valence-corrected chi connectivity index (χ1v) is 9.70. The van der Waals surface area contributed by atoms with E-state index < -0.39 is 36.2 Å². The number of esters is 1. The van der Waals surface area contributed by atoms with Gasteiger partial charge >= 0.3 is 18.1 Å². The number of rotatable bonds is 6. The Morgan fingerprint density at radius 3 is 2.25 bits per heavy atom. The van der Waals surface area contributed by atoms with E-state index in [1.165, 1.54) is 0 Å². The molecule has 0 aromatic carbocycles. The minimum atomic E-state index is -0.679. The van der Waals surface area contributed by atoms with Gasteiger partial charge in [0.2, 0.25) is 0 Å². The van der Waals surface area contributed by atoms with Crippen LogP contribution in [-0.2, 0) is 19.1 Å². The number of nitrogens with one attached hydrogen (secondary N) is 2. The zero-order valence-corrected chi connectivity index (χ0v) is 17.5. The highest BCUT2D eigenvalue weighted by Gasteiger charge is 2.31. The number of piperidine rings is 1. The molecule has 1 fully saturated rings. The van der Waals surface area contributed by atoms with Gasteiger partial charge in [0.25, 0.3) is 5.91 Å². The van der Waals surface area contributed by atoms with Crippen molar-refractivity contribution in [1.82, 2.24) is 15.5 Å². The lowest BCUT2D eigenvalue weighted by Gasteiger charge is -2.32. The standard InChI is InChI=1S/C19H33N3O6/c1-13(2)6-9-20-17(25)21-15(23)12-27-16(24)14-7-10-22(11-8-14)18(26)28-19(3,4)5/h13-14H,6-12H2,1-5H3,(H2,20,21,23,25). The van der Waals surface area contributed by atoms with E-state index in [9.17, 15) is 19.2 Å². The molecule has 0 bridgehead atoms. The van der Waals surface area contributed by atoms with E-state index in [1.807, 2.05) is 13.8 Å². The molecule has 0 spiro atoms. The van der Waals surface area contributed by atoms with Crippen LogP contribution in [0.4, 0.5) is 9.59 Å². The van der Waals surface area contributed by atoms with Gasteiger partial charge in [-0.1, -0.05) is 13.8 Å². The molecule has 0 aliphatic carbocycles. The van der Waals surface area contributed by atoms with E-state index in [1.54, 1.807) is 25.7 Å².